The molecule has 3 heteroatoms. The van der Waals surface area contributed by atoms with Gasteiger partial charge in [0, 0.05) is 19.0 Å². The SMILES string of the molecule is CCCCCCCCCCNCCNC(=O)C(C)C. The normalized spacial score (nSPS) is 10.9. The summed E-state index contributed by atoms with van der Waals surface area (Å²) in [6.45, 7) is 8.80. The van der Waals surface area contributed by atoms with Crippen LogP contribution in [0.15, 0.2) is 0 Å². The van der Waals surface area contributed by atoms with Crippen LogP contribution in [-0.2, 0) is 4.79 Å². The molecule has 0 aliphatic rings. The van der Waals surface area contributed by atoms with Crippen LogP contribution in [0.1, 0.15) is 72.1 Å². The number of hydrogen-bond donors (Lipinski definition) is 2. The lowest BCUT2D eigenvalue weighted by molar-refractivity contribution is -0.123. The third-order valence-corrected chi connectivity index (χ3v) is 3.33. The largest absolute Gasteiger partial charge is 0.355 e. The molecule has 0 aromatic rings. The first-order chi connectivity index (χ1) is 9.18. The summed E-state index contributed by atoms with van der Waals surface area (Å²) in [6, 6.07) is 0. The van der Waals surface area contributed by atoms with E-state index >= 15 is 0 Å². The van der Waals surface area contributed by atoms with Gasteiger partial charge in [0.05, 0.1) is 0 Å². The van der Waals surface area contributed by atoms with E-state index in [9.17, 15) is 4.79 Å². The second kappa shape index (κ2) is 13.9. The van der Waals surface area contributed by atoms with Crippen molar-refractivity contribution in [3.05, 3.63) is 0 Å². The van der Waals surface area contributed by atoms with Crippen molar-refractivity contribution in [2.45, 2.75) is 72.1 Å². The molecule has 0 radical (unpaired) electrons. The summed E-state index contributed by atoms with van der Waals surface area (Å²) in [5, 5.41) is 6.29. The van der Waals surface area contributed by atoms with E-state index in [1.807, 2.05) is 13.8 Å². The lowest BCUT2D eigenvalue weighted by Gasteiger charge is -2.08. The van der Waals surface area contributed by atoms with Gasteiger partial charge in [0.2, 0.25) is 5.91 Å². The molecule has 0 bridgehead atoms. The van der Waals surface area contributed by atoms with Crippen molar-refractivity contribution in [1.82, 2.24) is 10.6 Å². The predicted octanol–water partition coefficient (Wildman–Crippen LogP) is 3.49. The zero-order chi connectivity index (χ0) is 14.3. The van der Waals surface area contributed by atoms with Crippen LogP contribution < -0.4 is 10.6 Å². The van der Waals surface area contributed by atoms with Gasteiger partial charge in [-0.2, -0.15) is 0 Å². The molecule has 0 aliphatic heterocycles. The summed E-state index contributed by atoms with van der Waals surface area (Å²) in [5.74, 6) is 0.238. The van der Waals surface area contributed by atoms with E-state index in [0.29, 0.717) is 0 Å². The molecule has 0 atom stereocenters. The smallest absolute Gasteiger partial charge is 0.222 e. The molecule has 0 spiro atoms. The lowest BCUT2D eigenvalue weighted by Crippen LogP contribution is -2.34. The van der Waals surface area contributed by atoms with Crippen LogP contribution in [0.25, 0.3) is 0 Å². The van der Waals surface area contributed by atoms with Crippen molar-refractivity contribution in [2.24, 2.45) is 5.92 Å². The van der Waals surface area contributed by atoms with E-state index in [2.05, 4.69) is 17.6 Å². The number of carbonyl (C=O) groups excluding carboxylic acids is 1. The van der Waals surface area contributed by atoms with Crippen molar-refractivity contribution >= 4 is 5.91 Å². The summed E-state index contributed by atoms with van der Waals surface area (Å²) >= 11 is 0. The van der Waals surface area contributed by atoms with Crippen LogP contribution in [0.2, 0.25) is 0 Å². The Morgan fingerprint density at radius 1 is 0.842 bits per heavy atom. The summed E-state index contributed by atoms with van der Waals surface area (Å²) in [7, 11) is 0. The zero-order valence-electron chi connectivity index (χ0n) is 13.3. The third kappa shape index (κ3) is 13.7. The van der Waals surface area contributed by atoms with E-state index in [0.717, 1.165) is 19.6 Å². The second-order valence-corrected chi connectivity index (χ2v) is 5.67. The quantitative estimate of drug-likeness (QED) is 0.503. The van der Waals surface area contributed by atoms with Crippen LogP contribution in [0.3, 0.4) is 0 Å². The Morgan fingerprint density at radius 2 is 1.42 bits per heavy atom. The van der Waals surface area contributed by atoms with Crippen molar-refractivity contribution in [3.8, 4) is 0 Å². The molecular weight excluding hydrogens is 236 g/mol. The monoisotopic (exact) mass is 270 g/mol. The first-order valence-electron chi connectivity index (χ1n) is 8.17. The first kappa shape index (κ1) is 18.4. The molecule has 3 nitrogen and oxygen atoms in total. The predicted molar refractivity (Wildman–Crippen MR) is 83.3 cm³/mol. The van der Waals surface area contributed by atoms with Crippen molar-refractivity contribution in [1.29, 1.82) is 0 Å². The highest BCUT2D eigenvalue weighted by Gasteiger charge is 2.04. The molecule has 1 amide bonds. The molecule has 0 saturated heterocycles. The van der Waals surface area contributed by atoms with Gasteiger partial charge in [0.1, 0.15) is 0 Å². The van der Waals surface area contributed by atoms with E-state index in [4.69, 9.17) is 0 Å². The van der Waals surface area contributed by atoms with Gasteiger partial charge in [-0.25, -0.2) is 0 Å². The van der Waals surface area contributed by atoms with Crippen LogP contribution in [-0.4, -0.2) is 25.5 Å². The summed E-state index contributed by atoms with van der Waals surface area (Å²) in [4.78, 5) is 11.3. The Labute approximate surface area is 119 Å². The second-order valence-electron chi connectivity index (χ2n) is 5.67. The molecule has 2 N–H and O–H groups in total. The molecule has 0 aromatic carbocycles. The summed E-state index contributed by atoms with van der Waals surface area (Å²) in [6.07, 6.45) is 10.9. The summed E-state index contributed by atoms with van der Waals surface area (Å²) in [5.41, 5.74) is 0. The number of hydrogen-bond acceptors (Lipinski definition) is 2. The van der Waals surface area contributed by atoms with Gasteiger partial charge in [0.15, 0.2) is 0 Å². The average Bonchev–Trinajstić information content (AvgIpc) is 2.39. The van der Waals surface area contributed by atoms with Gasteiger partial charge < -0.3 is 10.6 Å². The number of nitrogens with one attached hydrogen (secondary N) is 2. The highest BCUT2D eigenvalue weighted by Crippen LogP contribution is 2.07. The lowest BCUT2D eigenvalue weighted by atomic mass is 10.1. The van der Waals surface area contributed by atoms with Gasteiger partial charge in [0.25, 0.3) is 0 Å². The van der Waals surface area contributed by atoms with Gasteiger partial charge in [-0.15, -0.1) is 0 Å². The minimum absolute atomic E-state index is 0.0905. The molecule has 0 aromatic heterocycles. The van der Waals surface area contributed by atoms with Crippen LogP contribution >= 0.6 is 0 Å². The number of amides is 1. The average molecular weight is 270 g/mol. The molecule has 0 saturated carbocycles. The molecule has 114 valence electrons. The Bertz CT molecular complexity index is 205. The minimum Gasteiger partial charge on any atom is -0.355 e. The fourth-order valence-electron chi connectivity index (χ4n) is 1.99. The Kier molecular flexibility index (Phi) is 13.4. The molecule has 19 heavy (non-hydrogen) atoms. The molecule has 0 fully saturated rings. The maximum Gasteiger partial charge on any atom is 0.222 e. The van der Waals surface area contributed by atoms with Gasteiger partial charge in [-0.05, 0) is 13.0 Å². The molecular formula is C16H34N2O. The molecule has 0 rings (SSSR count). The fraction of sp³-hybridized carbons (Fsp3) is 0.938. The van der Waals surface area contributed by atoms with Crippen LogP contribution in [0.4, 0.5) is 0 Å². The standard InChI is InChI=1S/C16H34N2O/c1-4-5-6-7-8-9-10-11-12-17-13-14-18-16(19)15(2)3/h15,17H,4-14H2,1-3H3,(H,18,19). The van der Waals surface area contributed by atoms with Crippen molar-refractivity contribution in [2.75, 3.05) is 19.6 Å². The molecule has 0 unspecified atom stereocenters. The van der Waals surface area contributed by atoms with Gasteiger partial charge in [-0.3, -0.25) is 4.79 Å². The number of carbonyl (C=O) groups is 1. The molecule has 0 heterocycles. The van der Waals surface area contributed by atoms with Crippen LogP contribution in [0.5, 0.6) is 0 Å². The third-order valence-electron chi connectivity index (χ3n) is 3.33. The maximum absolute atomic E-state index is 11.3. The summed E-state index contributed by atoms with van der Waals surface area (Å²) < 4.78 is 0. The highest BCUT2D eigenvalue weighted by molar-refractivity contribution is 5.77. The topological polar surface area (TPSA) is 41.1 Å². The van der Waals surface area contributed by atoms with Crippen molar-refractivity contribution < 1.29 is 4.79 Å². The first-order valence-corrected chi connectivity index (χ1v) is 8.17. The van der Waals surface area contributed by atoms with E-state index in [-0.39, 0.29) is 11.8 Å². The van der Waals surface area contributed by atoms with E-state index < -0.39 is 0 Å². The fourth-order valence-corrected chi connectivity index (χ4v) is 1.99. The molecule has 0 aliphatic carbocycles. The van der Waals surface area contributed by atoms with Crippen LogP contribution in [0, 0.1) is 5.92 Å². The number of unbranched alkanes of at least 4 members (excludes halogenated alkanes) is 7. The minimum atomic E-state index is 0.0905. The zero-order valence-corrected chi connectivity index (χ0v) is 13.3. The Morgan fingerprint density at radius 3 is 2.00 bits per heavy atom. The Hall–Kier alpha value is -0.570. The maximum atomic E-state index is 11.3. The van der Waals surface area contributed by atoms with E-state index in [1.165, 1.54) is 51.4 Å². The van der Waals surface area contributed by atoms with E-state index in [1.54, 1.807) is 0 Å². The van der Waals surface area contributed by atoms with Crippen molar-refractivity contribution in [3.63, 3.8) is 0 Å². The van der Waals surface area contributed by atoms with Gasteiger partial charge >= 0.3 is 0 Å². The van der Waals surface area contributed by atoms with Gasteiger partial charge in [-0.1, -0.05) is 65.7 Å². The highest BCUT2D eigenvalue weighted by atomic mass is 16.1. The number of rotatable bonds is 13. The Balaban J connectivity index is 3.05.